The molecule has 0 amide bonds. The van der Waals surface area contributed by atoms with E-state index < -0.39 is 0 Å². The molecule has 0 unspecified atom stereocenters. The molecule has 0 aliphatic carbocycles. The zero-order valence-electron chi connectivity index (χ0n) is 8.38. The van der Waals surface area contributed by atoms with Crippen molar-refractivity contribution in [3.8, 4) is 11.5 Å². The molecule has 0 fully saturated rings. The van der Waals surface area contributed by atoms with Crippen LogP contribution in [0.3, 0.4) is 0 Å². The van der Waals surface area contributed by atoms with Crippen LogP contribution in [0.15, 0.2) is 12.1 Å². The quantitative estimate of drug-likeness (QED) is 0.812. The summed E-state index contributed by atoms with van der Waals surface area (Å²) in [5.41, 5.74) is 1.18. The monoisotopic (exact) mass is 308 g/mol. The summed E-state index contributed by atoms with van der Waals surface area (Å²) in [6.07, 6.45) is 0. The van der Waals surface area contributed by atoms with E-state index in [0.717, 1.165) is 11.5 Å². The summed E-state index contributed by atoms with van der Waals surface area (Å²) in [5.74, 6) is 1.62. The Bertz CT molecular complexity index is 401. The van der Waals surface area contributed by atoms with Crippen molar-refractivity contribution in [2.75, 3.05) is 19.5 Å². The number of fused-ring (bicyclic) bond motifs is 1. The molecule has 1 aromatic carbocycles. The second-order valence-corrected chi connectivity index (χ2v) is 6.57. The third-order valence-corrected chi connectivity index (χ3v) is 4.82. The van der Waals surface area contributed by atoms with Gasteiger partial charge in [-0.05, 0) is 0 Å². The van der Waals surface area contributed by atoms with Crippen molar-refractivity contribution in [3.05, 3.63) is 12.1 Å². The molecule has 1 aromatic rings. The molecule has 3 nitrogen and oxygen atoms in total. The van der Waals surface area contributed by atoms with Crippen LogP contribution >= 0.6 is 0 Å². The Morgan fingerprint density at radius 3 is 2.43 bits per heavy atom. The zero-order chi connectivity index (χ0) is 10.1. The Hall–Kier alpha value is -0.720. The first-order valence-corrected chi connectivity index (χ1v) is 6.62. The number of ether oxygens (including phenoxy) is 2. The van der Waals surface area contributed by atoms with Gasteiger partial charge in [0.1, 0.15) is 0 Å². The van der Waals surface area contributed by atoms with Gasteiger partial charge in [0, 0.05) is 0 Å². The summed E-state index contributed by atoms with van der Waals surface area (Å²) in [6, 6.07) is 4.09. The third kappa shape index (κ3) is 1.60. The SMILES string of the molecule is COc1cc2c(cc1OC)[Te]=C(C)N2. The molecule has 1 N–H and O–H groups in total. The van der Waals surface area contributed by atoms with Crippen molar-refractivity contribution in [1.29, 1.82) is 0 Å². The topological polar surface area (TPSA) is 30.5 Å². The summed E-state index contributed by atoms with van der Waals surface area (Å²) in [6.45, 7) is 2.14. The maximum absolute atomic E-state index is 5.26. The normalized spacial score (nSPS) is 12.9. The Labute approximate surface area is 93.0 Å². The van der Waals surface area contributed by atoms with Gasteiger partial charge in [-0.2, -0.15) is 0 Å². The molecule has 1 heterocycles. The van der Waals surface area contributed by atoms with Gasteiger partial charge < -0.3 is 0 Å². The molecular formula is C10H12NO2Te. The van der Waals surface area contributed by atoms with E-state index in [4.69, 9.17) is 9.47 Å². The standard InChI is InChI=1S/C10H12NO2Te/c1-6-11-7-4-8(12-2)9(13-3)5-10(7)14-6/h4-5,11H,1-3H3. The number of hydrogen-bond acceptors (Lipinski definition) is 3. The molecule has 0 saturated carbocycles. The summed E-state index contributed by atoms with van der Waals surface area (Å²) < 4.78 is 13.3. The molecular weight excluding hydrogens is 294 g/mol. The van der Waals surface area contributed by atoms with Gasteiger partial charge in [-0.3, -0.25) is 0 Å². The summed E-state index contributed by atoms with van der Waals surface area (Å²) >= 11 is -0.189. The number of nitrogens with one attached hydrogen (secondary N) is 1. The molecule has 0 bridgehead atoms. The van der Waals surface area contributed by atoms with Crippen molar-refractivity contribution < 1.29 is 9.47 Å². The van der Waals surface area contributed by atoms with E-state index in [1.54, 1.807) is 14.2 Å². The van der Waals surface area contributed by atoms with E-state index in [0.29, 0.717) is 0 Å². The van der Waals surface area contributed by atoms with Crippen LogP contribution in [0.5, 0.6) is 11.5 Å². The first-order chi connectivity index (χ1) is 6.74. The van der Waals surface area contributed by atoms with Gasteiger partial charge >= 0.3 is 93.0 Å². The molecule has 2 rings (SSSR count). The molecule has 0 spiro atoms. The van der Waals surface area contributed by atoms with Crippen LogP contribution in [0.1, 0.15) is 6.92 Å². The van der Waals surface area contributed by atoms with Gasteiger partial charge in [0.25, 0.3) is 0 Å². The van der Waals surface area contributed by atoms with Crippen LogP contribution in [0.4, 0.5) is 5.69 Å². The molecule has 4 heteroatoms. The van der Waals surface area contributed by atoms with Crippen molar-refractivity contribution in [2.24, 2.45) is 0 Å². The third-order valence-electron chi connectivity index (χ3n) is 2.06. The number of benzene rings is 1. The molecule has 1 radical (unpaired) electrons. The number of methoxy groups -OCH3 is 2. The van der Waals surface area contributed by atoms with E-state index in [1.807, 2.05) is 6.07 Å². The Kier molecular flexibility index (Phi) is 2.66. The zero-order valence-corrected chi connectivity index (χ0v) is 10.7. The van der Waals surface area contributed by atoms with E-state index in [-0.39, 0.29) is 20.5 Å². The number of anilines is 1. The van der Waals surface area contributed by atoms with Crippen LogP contribution < -0.4 is 18.4 Å². The van der Waals surface area contributed by atoms with Crippen LogP contribution in [0.25, 0.3) is 0 Å². The maximum atomic E-state index is 5.26. The van der Waals surface area contributed by atoms with Gasteiger partial charge in [-0.1, -0.05) is 0 Å². The average Bonchev–Trinajstić information content (AvgIpc) is 2.54. The van der Waals surface area contributed by atoms with Gasteiger partial charge in [0.2, 0.25) is 0 Å². The van der Waals surface area contributed by atoms with Crippen LogP contribution in [0.2, 0.25) is 0 Å². The Morgan fingerprint density at radius 2 is 1.79 bits per heavy atom. The predicted molar refractivity (Wildman–Crippen MR) is 59.2 cm³/mol. The van der Waals surface area contributed by atoms with Crippen LogP contribution in [-0.4, -0.2) is 38.3 Å². The Balaban J connectivity index is 2.49. The summed E-state index contributed by atoms with van der Waals surface area (Å²) in [5, 5.41) is 3.36. The van der Waals surface area contributed by atoms with E-state index in [2.05, 4.69) is 18.3 Å². The van der Waals surface area contributed by atoms with Gasteiger partial charge in [-0.15, -0.1) is 0 Å². The summed E-state index contributed by atoms with van der Waals surface area (Å²) in [4.78, 5) is 0. The molecule has 0 saturated heterocycles. The molecule has 0 atom stereocenters. The molecule has 75 valence electrons. The summed E-state index contributed by atoms with van der Waals surface area (Å²) in [7, 11) is 3.33. The number of rotatable bonds is 2. The fourth-order valence-corrected chi connectivity index (χ4v) is 3.92. The molecule has 1 aliphatic rings. The predicted octanol–water partition coefficient (Wildman–Crippen LogP) is 0.609. The van der Waals surface area contributed by atoms with E-state index in [9.17, 15) is 0 Å². The number of hydrogen-bond donors (Lipinski definition) is 1. The van der Waals surface area contributed by atoms with Crippen molar-refractivity contribution in [2.45, 2.75) is 6.92 Å². The first kappa shape index (κ1) is 9.82. The van der Waals surface area contributed by atoms with E-state index >= 15 is 0 Å². The van der Waals surface area contributed by atoms with Gasteiger partial charge in [0.05, 0.1) is 0 Å². The minimum atomic E-state index is -0.189. The van der Waals surface area contributed by atoms with Crippen molar-refractivity contribution in [3.63, 3.8) is 0 Å². The Morgan fingerprint density at radius 1 is 1.14 bits per heavy atom. The fraction of sp³-hybridized carbons (Fsp3) is 0.300. The minimum absolute atomic E-state index is 0.189. The molecule has 1 aliphatic heterocycles. The second-order valence-electron chi connectivity index (χ2n) is 2.99. The second kappa shape index (κ2) is 3.80. The molecule has 14 heavy (non-hydrogen) atoms. The van der Waals surface area contributed by atoms with E-state index in [1.165, 1.54) is 13.0 Å². The molecule has 0 aromatic heterocycles. The van der Waals surface area contributed by atoms with Crippen molar-refractivity contribution >= 4 is 33.4 Å². The fourth-order valence-electron chi connectivity index (χ4n) is 1.42. The van der Waals surface area contributed by atoms with Gasteiger partial charge in [-0.25, -0.2) is 0 Å². The first-order valence-electron chi connectivity index (χ1n) is 4.29. The average molecular weight is 306 g/mol. The van der Waals surface area contributed by atoms with Gasteiger partial charge in [0.15, 0.2) is 0 Å². The van der Waals surface area contributed by atoms with Crippen LogP contribution in [0, 0.1) is 0 Å². The van der Waals surface area contributed by atoms with Crippen LogP contribution in [-0.2, 0) is 0 Å². The van der Waals surface area contributed by atoms with Crippen molar-refractivity contribution in [1.82, 2.24) is 0 Å².